The van der Waals surface area contributed by atoms with E-state index in [4.69, 9.17) is 16.3 Å². The van der Waals surface area contributed by atoms with Crippen molar-refractivity contribution < 1.29 is 13.9 Å². The maximum atomic E-state index is 13.7. The molecule has 1 aliphatic heterocycles. The van der Waals surface area contributed by atoms with E-state index in [1.165, 1.54) is 12.1 Å². The number of amides is 1. The number of fused-ring (bicyclic) bond motifs is 1. The topological polar surface area (TPSA) is 45.7 Å². The van der Waals surface area contributed by atoms with Crippen molar-refractivity contribution in [3.8, 4) is 5.88 Å². The van der Waals surface area contributed by atoms with Gasteiger partial charge < -0.3 is 9.64 Å². The summed E-state index contributed by atoms with van der Waals surface area (Å²) in [5, 5.41) is 0.518. The summed E-state index contributed by atoms with van der Waals surface area (Å²) in [5.41, 5.74) is 4.90. The number of halogens is 2. The van der Waals surface area contributed by atoms with Crippen molar-refractivity contribution in [1.29, 1.82) is 0 Å². The van der Waals surface area contributed by atoms with E-state index in [1.807, 2.05) is 37.8 Å². The van der Waals surface area contributed by atoms with Gasteiger partial charge in [-0.05, 0) is 68.3 Å². The van der Waals surface area contributed by atoms with E-state index in [0.717, 1.165) is 16.9 Å². The van der Waals surface area contributed by atoms with Crippen molar-refractivity contribution in [3.63, 3.8) is 0 Å². The number of ether oxygens (including phenoxy) is 1. The van der Waals surface area contributed by atoms with Gasteiger partial charge in [0.05, 0.1) is 29.7 Å². The van der Waals surface area contributed by atoms with Crippen LogP contribution in [0, 0.1) is 26.6 Å². The molecule has 30 heavy (non-hydrogen) atoms. The lowest BCUT2D eigenvalue weighted by Gasteiger charge is -2.39. The fraction of sp³-hybridized carbons (Fsp3) is 0.217. The molecule has 1 aromatic heterocycles. The normalized spacial score (nSPS) is 13.5. The minimum atomic E-state index is -0.302. The van der Waals surface area contributed by atoms with E-state index in [1.54, 1.807) is 30.2 Å². The Bertz CT molecular complexity index is 1170. The van der Waals surface area contributed by atoms with Crippen LogP contribution in [0.2, 0.25) is 5.02 Å². The number of rotatable bonds is 3. The predicted molar refractivity (Wildman–Crippen MR) is 117 cm³/mol. The molecule has 0 atom stereocenters. The van der Waals surface area contributed by atoms with Crippen LogP contribution in [0.15, 0.2) is 42.5 Å². The second kappa shape index (κ2) is 7.61. The lowest BCUT2D eigenvalue weighted by Crippen LogP contribution is -2.46. The molecule has 5 nitrogen and oxygen atoms in total. The van der Waals surface area contributed by atoms with Crippen LogP contribution in [-0.4, -0.2) is 24.7 Å². The number of carbonyl (C=O) groups excluding carboxylic acids is 1. The molecular weight excluding hydrogens is 405 g/mol. The van der Waals surface area contributed by atoms with Crippen molar-refractivity contribution in [2.45, 2.75) is 20.8 Å². The minimum Gasteiger partial charge on any atom is -0.481 e. The number of hydrogen-bond donors (Lipinski definition) is 0. The highest BCUT2D eigenvalue weighted by Gasteiger charge is 2.34. The first-order valence-electron chi connectivity index (χ1n) is 9.48. The molecule has 0 spiro atoms. The molecule has 0 unspecified atom stereocenters. The summed E-state index contributed by atoms with van der Waals surface area (Å²) in [6.07, 6.45) is 0. The number of anilines is 3. The van der Waals surface area contributed by atoms with E-state index in [0.29, 0.717) is 33.4 Å². The van der Waals surface area contributed by atoms with Crippen LogP contribution in [0.25, 0.3) is 0 Å². The zero-order chi connectivity index (χ0) is 21.6. The van der Waals surface area contributed by atoms with Crippen LogP contribution >= 0.6 is 11.6 Å². The first-order chi connectivity index (χ1) is 14.3. The molecule has 0 bridgehead atoms. The third-order valence-corrected chi connectivity index (χ3v) is 5.80. The summed E-state index contributed by atoms with van der Waals surface area (Å²) in [6, 6.07) is 11.8. The molecule has 1 amide bonds. The van der Waals surface area contributed by atoms with Gasteiger partial charge in [-0.2, -0.15) is 0 Å². The van der Waals surface area contributed by atoms with Gasteiger partial charge in [0.2, 0.25) is 5.88 Å². The minimum absolute atomic E-state index is 0.156. The molecule has 7 heteroatoms. The number of pyridine rings is 1. The van der Waals surface area contributed by atoms with Gasteiger partial charge >= 0.3 is 0 Å². The summed E-state index contributed by atoms with van der Waals surface area (Å²) in [7, 11) is 1.55. The highest BCUT2D eigenvalue weighted by molar-refractivity contribution is 6.32. The van der Waals surface area contributed by atoms with Gasteiger partial charge in [0.1, 0.15) is 12.5 Å². The van der Waals surface area contributed by atoms with Crippen LogP contribution in [0.4, 0.5) is 21.5 Å². The fourth-order valence-corrected chi connectivity index (χ4v) is 3.98. The molecule has 0 saturated heterocycles. The van der Waals surface area contributed by atoms with E-state index in [-0.39, 0.29) is 18.4 Å². The maximum absolute atomic E-state index is 13.7. The SMILES string of the molecule is COc1ccc(N2CN(c3ccc(F)cc3C)c3ccc(Cl)c(C)c3C2=O)c(C)n1. The molecule has 4 rings (SSSR count). The molecule has 0 aliphatic carbocycles. The van der Waals surface area contributed by atoms with Crippen molar-refractivity contribution in [1.82, 2.24) is 4.98 Å². The number of aromatic nitrogens is 1. The van der Waals surface area contributed by atoms with Gasteiger partial charge in [-0.3, -0.25) is 9.69 Å². The standard InChI is InChI=1S/C23H21ClFN3O2/c1-13-11-16(25)5-7-18(13)27-12-28(19-9-10-21(30-4)26-15(19)3)23(29)22-14(2)17(24)6-8-20(22)27/h5-11H,12H2,1-4H3. The number of aryl methyl sites for hydroxylation is 2. The van der Waals surface area contributed by atoms with Gasteiger partial charge in [0.15, 0.2) is 0 Å². The van der Waals surface area contributed by atoms with E-state index < -0.39 is 0 Å². The Hall–Kier alpha value is -3.12. The van der Waals surface area contributed by atoms with Crippen LogP contribution < -0.4 is 14.5 Å². The Balaban J connectivity index is 1.91. The molecule has 1 aliphatic rings. The molecule has 0 saturated carbocycles. The van der Waals surface area contributed by atoms with Crippen molar-refractivity contribution in [2.75, 3.05) is 23.6 Å². The second-order valence-electron chi connectivity index (χ2n) is 7.26. The van der Waals surface area contributed by atoms with Gasteiger partial charge in [-0.15, -0.1) is 0 Å². The van der Waals surface area contributed by atoms with Gasteiger partial charge in [-0.25, -0.2) is 9.37 Å². The van der Waals surface area contributed by atoms with Gasteiger partial charge in [0, 0.05) is 16.8 Å². The molecule has 2 aromatic carbocycles. The summed E-state index contributed by atoms with van der Waals surface area (Å²) < 4.78 is 18.9. The smallest absolute Gasteiger partial charge is 0.262 e. The Morgan fingerprint density at radius 2 is 1.70 bits per heavy atom. The lowest BCUT2D eigenvalue weighted by molar-refractivity contribution is 0.0982. The Morgan fingerprint density at radius 1 is 1.00 bits per heavy atom. The van der Waals surface area contributed by atoms with Crippen LogP contribution in [-0.2, 0) is 0 Å². The van der Waals surface area contributed by atoms with E-state index in [2.05, 4.69) is 4.98 Å². The molecular formula is C23H21ClFN3O2. The Kier molecular flexibility index (Phi) is 5.12. The quantitative estimate of drug-likeness (QED) is 0.550. The molecule has 154 valence electrons. The summed E-state index contributed by atoms with van der Waals surface area (Å²) in [4.78, 5) is 21.6. The van der Waals surface area contributed by atoms with Gasteiger partial charge in [-0.1, -0.05) is 11.6 Å². The monoisotopic (exact) mass is 425 g/mol. The van der Waals surface area contributed by atoms with Gasteiger partial charge in [0.25, 0.3) is 5.91 Å². The zero-order valence-corrected chi connectivity index (χ0v) is 17.9. The Labute approximate surface area is 179 Å². The molecule has 0 fully saturated rings. The summed E-state index contributed by atoms with van der Waals surface area (Å²) in [5.74, 6) is 0.0200. The maximum Gasteiger partial charge on any atom is 0.262 e. The number of benzene rings is 2. The van der Waals surface area contributed by atoms with Crippen LogP contribution in [0.3, 0.4) is 0 Å². The zero-order valence-electron chi connectivity index (χ0n) is 17.2. The third-order valence-electron chi connectivity index (χ3n) is 5.39. The molecule has 0 N–H and O–H groups in total. The highest BCUT2D eigenvalue weighted by atomic mass is 35.5. The second-order valence-corrected chi connectivity index (χ2v) is 7.67. The first-order valence-corrected chi connectivity index (χ1v) is 9.86. The van der Waals surface area contributed by atoms with Crippen molar-refractivity contribution in [3.05, 3.63) is 75.7 Å². The van der Waals surface area contributed by atoms with E-state index >= 15 is 0 Å². The van der Waals surface area contributed by atoms with Crippen molar-refractivity contribution >= 4 is 34.6 Å². The highest BCUT2D eigenvalue weighted by Crippen LogP contribution is 2.40. The van der Waals surface area contributed by atoms with Crippen LogP contribution in [0.5, 0.6) is 5.88 Å². The van der Waals surface area contributed by atoms with Crippen molar-refractivity contribution in [2.24, 2.45) is 0 Å². The Morgan fingerprint density at radius 3 is 2.37 bits per heavy atom. The van der Waals surface area contributed by atoms with Crippen LogP contribution in [0.1, 0.15) is 27.2 Å². The number of methoxy groups -OCH3 is 1. The molecule has 0 radical (unpaired) electrons. The number of hydrogen-bond acceptors (Lipinski definition) is 4. The third kappa shape index (κ3) is 3.27. The average molecular weight is 426 g/mol. The summed E-state index contributed by atoms with van der Waals surface area (Å²) in [6.45, 7) is 5.77. The fourth-order valence-electron chi connectivity index (χ4n) is 3.83. The molecule has 2 heterocycles. The lowest BCUT2D eigenvalue weighted by atomic mass is 10.00. The predicted octanol–water partition coefficient (Wildman–Crippen LogP) is 5.56. The summed E-state index contributed by atoms with van der Waals surface area (Å²) >= 11 is 6.35. The molecule has 3 aromatic rings. The number of nitrogens with zero attached hydrogens (tertiary/aromatic N) is 3. The largest absolute Gasteiger partial charge is 0.481 e. The van der Waals surface area contributed by atoms with E-state index in [9.17, 15) is 9.18 Å². The first kappa shape index (κ1) is 20.2. The number of carbonyl (C=O) groups is 1. The average Bonchev–Trinajstić information content (AvgIpc) is 2.71.